The number of hydrogen-bond donors (Lipinski definition) is 3. The number of carbonyl (C=O) groups excluding carboxylic acids is 2. The van der Waals surface area contributed by atoms with E-state index in [1.165, 1.54) is 0 Å². The second kappa shape index (κ2) is 7.46. The predicted octanol–water partition coefficient (Wildman–Crippen LogP) is 1.97. The van der Waals surface area contributed by atoms with Gasteiger partial charge in [-0.25, -0.2) is 4.79 Å². The third kappa shape index (κ3) is 4.45. The Hall–Kier alpha value is -2.08. The maximum atomic E-state index is 12.0. The maximum absolute atomic E-state index is 12.0. The van der Waals surface area contributed by atoms with Crippen molar-refractivity contribution >= 4 is 29.4 Å². The molecule has 1 aliphatic rings. The summed E-state index contributed by atoms with van der Waals surface area (Å²) in [6, 6.07) is 6.26. The van der Waals surface area contributed by atoms with Crippen molar-refractivity contribution in [1.82, 2.24) is 10.6 Å². The normalized spacial score (nSPS) is 16.4. The lowest BCUT2D eigenvalue weighted by Crippen LogP contribution is -2.57. The van der Waals surface area contributed by atoms with Crippen molar-refractivity contribution in [3.05, 3.63) is 34.9 Å². The Morgan fingerprint density at radius 2 is 1.70 bits per heavy atom. The molecule has 0 radical (unpaired) electrons. The second-order valence-electron chi connectivity index (χ2n) is 5.69. The highest BCUT2D eigenvalue weighted by molar-refractivity contribution is 6.30. The molecule has 1 aliphatic carbocycles. The van der Waals surface area contributed by atoms with Gasteiger partial charge in [-0.3, -0.25) is 9.59 Å². The fourth-order valence-corrected chi connectivity index (χ4v) is 2.85. The van der Waals surface area contributed by atoms with E-state index in [2.05, 4.69) is 10.6 Å². The van der Waals surface area contributed by atoms with Crippen LogP contribution in [0.2, 0.25) is 5.02 Å². The molecule has 0 unspecified atom stereocenters. The van der Waals surface area contributed by atoms with Crippen LogP contribution in [-0.2, 0) is 9.59 Å². The number of rotatable bonds is 5. The van der Waals surface area contributed by atoms with E-state index in [0.717, 1.165) is 19.3 Å². The molecule has 23 heavy (non-hydrogen) atoms. The van der Waals surface area contributed by atoms with Crippen LogP contribution in [0.5, 0.6) is 0 Å². The van der Waals surface area contributed by atoms with Crippen LogP contribution in [0, 0.1) is 0 Å². The van der Waals surface area contributed by atoms with Crippen LogP contribution in [0.3, 0.4) is 0 Å². The minimum Gasteiger partial charge on any atom is -0.480 e. The van der Waals surface area contributed by atoms with Crippen molar-refractivity contribution in [3.8, 4) is 0 Å². The Morgan fingerprint density at radius 3 is 2.26 bits per heavy atom. The van der Waals surface area contributed by atoms with E-state index < -0.39 is 23.3 Å². The third-order valence-corrected chi connectivity index (χ3v) is 4.26. The highest BCUT2D eigenvalue weighted by Crippen LogP contribution is 2.28. The summed E-state index contributed by atoms with van der Waals surface area (Å²) in [5.74, 6) is -1.93. The number of aliphatic carboxylic acids is 1. The Labute approximate surface area is 139 Å². The molecule has 6 nitrogen and oxygen atoms in total. The van der Waals surface area contributed by atoms with Crippen LogP contribution >= 0.6 is 11.6 Å². The summed E-state index contributed by atoms with van der Waals surface area (Å²) < 4.78 is 0. The van der Waals surface area contributed by atoms with Gasteiger partial charge < -0.3 is 15.7 Å². The Balaban J connectivity index is 1.90. The van der Waals surface area contributed by atoms with E-state index in [1.807, 2.05) is 0 Å². The Kier molecular flexibility index (Phi) is 5.60. The van der Waals surface area contributed by atoms with Crippen LogP contribution in [0.1, 0.15) is 42.5 Å². The summed E-state index contributed by atoms with van der Waals surface area (Å²) in [5, 5.41) is 15.0. The maximum Gasteiger partial charge on any atom is 0.329 e. The van der Waals surface area contributed by atoms with Gasteiger partial charge in [0, 0.05) is 10.6 Å². The molecule has 1 saturated carbocycles. The molecule has 0 saturated heterocycles. The molecular formula is C16H19ClN2O4. The lowest BCUT2D eigenvalue weighted by atomic mass is 9.81. The molecule has 2 rings (SSSR count). The number of carbonyl (C=O) groups is 3. The molecule has 2 amide bonds. The van der Waals surface area contributed by atoms with Gasteiger partial charge in [0.05, 0.1) is 6.54 Å². The van der Waals surface area contributed by atoms with Crippen molar-refractivity contribution in [3.63, 3.8) is 0 Å². The third-order valence-electron chi connectivity index (χ3n) is 4.01. The Morgan fingerprint density at radius 1 is 1.09 bits per heavy atom. The average molecular weight is 339 g/mol. The average Bonchev–Trinajstić information content (AvgIpc) is 2.54. The molecule has 0 atom stereocenters. The first-order chi connectivity index (χ1) is 10.9. The second-order valence-corrected chi connectivity index (χ2v) is 6.12. The van der Waals surface area contributed by atoms with E-state index >= 15 is 0 Å². The SMILES string of the molecule is O=C(CNC(=O)c1ccc(Cl)cc1)NC1(C(=O)O)CCCCC1. The zero-order valence-corrected chi connectivity index (χ0v) is 13.4. The smallest absolute Gasteiger partial charge is 0.329 e. The molecular weight excluding hydrogens is 320 g/mol. The summed E-state index contributed by atoms with van der Waals surface area (Å²) in [6.45, 7) is -0.267. The van der Waals surface area contributed by atoms with Gasteiger partial charge >= 0.3 is 5.97 Å². The molecule has 1 aromatic carbocycles. The summed E-state index contributed by atoms with van der Waals surface area (Å²) >= 11 is 5.75. The zero-order valence-electron chi connectivity index (χ0n) is 12.6. The first-order valence-electron chi connectivity index (χ1n) is 7.51. The van der Waals surface area contributed by atoms with Gasteiger partial charge in [-0.1, -0.05) is 30.9 Å². The summed E-state index contributed by atoms with van der Waals surface area (Å²) in [6.07, 6.45) is 3.34. The number of benzene rings is 1. The van der Waals surface area contributed by atoms with Crippen LogP contribution < -0.4 is 10.6 Å². The summed E-state index contributed by atoms with van der Waals surface area (Å²) in [4.78, 5) is 35.4. The summed E-state index contributed by atoms with van der Waals surface area (Å²) in [7, 11) is 0. The van der Waals surface area contributed by atoms with Crippen molar-refractivity contribution < 1.29 is 19.5 Å². The van der Waals surface area contributed by atoms with Gasteiger partial charge in [-0.05, 0) is 37.1 Å². The minimum atomic E-state index is -1.21. The van der Waals surface area contributed by atoms with Crippen LogP contribution in [0.25, 0.3) is 0 Å². The molecule has 0 bridgehead atoms. The number of hydrogen-bond acceptors (Lipinski definition) is 3. The monoisotopic (exact) mass is 338 g/mol. The van der Waals surface area contributed by atoms with Gasteiger partial charge in [0.1, 0.15) is 5.54 Å². The first kappa shape index (κ1) is 17.3. The van der Waals surface area contributed by atoms with E-state index in [1.54, 1.807) is 24.3 Å². The highest BCUT2D eigenvalue weighted by atomic mass is 35.5. The van der Waals surface area contributed by atoms with Gasteiger partial charge in [0.25, 0.3) is 5.91 Å². The van der Waals surface area contributed by atoms with Gasteiger partial charge in [-0.2, -0.15) is 0 Å². The molecule has 0 heterocycles. The molecule has 124 valence electrons. The first-order valence-corrected chi connectivity index (χ1v) is 7.89. The molecule has 1 fully saturated rings. The summed E-state index contributed by atoms with van der Waals surface area (Å²) in [5.41, 5.74) is -0.826. The lowest BCUT2D eigenvalue weighted by Gasteiger charge is -2.33. The van der Waals surface area contributed by atoms with Crippen molar-refractivity contribution in [1.29, 1.82) is 0 Å². The topological polar surface area (TPSA) is 95.5 Å². The van der Waals surface area contributed by atoms with E-state index in [0.29, 0.717) is 23.4 Å². The molecule has 1 aromatic rings. The quantitative estimate of drug-likeness (QED) is 0.765. The molecule has 7 heteroatoms. The van der Waals surface area contributed by atoms with Crippen LogP contribution in [0.4, 0.5) is 0 Å². The standard InChI is InChI=1S/C16H19ClN2O4/c17-12-6-4-11(5-7-12)14(21)18-10-13(20)19-16(15(22)23)8-2-1-3-9-16/h4-7H,1-3,8-10H2,(H,18,21)(H,19,20)(H,22,23). The van der Waals surface area contributed by atoms with E-state index in [9.17, 15) is 19.5 Å². The fraction of sp³-hybridized carbons (Fsp3) is 0.438. The number of nitrogens with one attached hydrogen (secondary N) is 2. The minimum absolute atomic E-state index is 0.267. The van der Waals surface area contributed by atoms with Crippen LogP contribution in [-0.4, -0.2) is 35.0 Å². The van der Waals surface area contributed by atoms with Crippen molar-refractivity contribution in [2.75, 3.05) is 6.54 Å². The van der Waals surface area contributed by atoms with Gasteiger partial charge in [0.2, 0.25) is 5.91 Å². The molecule has 0 spiro atoms. The van der Waals surface area contributed by atoms with Gasteiger partial charge in [0.15, 0.2) is 0 Å². The highest BCUT2D eigenvalue weighted by Gasteiger charge is 2.40. The Bertz CT molecular complexity index is 595. The number of amides is 2. The number of halogens is 1. The van der Waals surface area contributed by atoms with Crippen molar-refractivity contribution in [2.45, 2.75) is 37.6 Å². The molecule has 3 N–H and O–H groups in total. The fourth-order valence-electron chi connectivity index (χ4n) is 2.72. The van der Waals surface area contributed by atoms with E-state index in [-0.39, 0.29) is 6.54 Å². The van der Waals surface area contributed by atoms with Crippen molar-refractivity contribution in [2.24, 2.45) is 0 Å². The zero-order chi connectivity index (χ0) is 16.9. The molecule has 0 aliphatic heterocycles. The molecule has 0 aromatic heterocycles. The van der Waals surface area contributed by atoms with Gasteiger partial charge in [-0.15, -0.1) is 0 Å². The number of carboxylic acid groups (broad SMARTS) is 1. The largest absolute Gasteiger partial charge is 0.480 e. The predicted molar refractivity (Wildman–Crippen MR) is 85.4 cm³/mol. The number of carboxylic acids is 1. The van der Waals surface area contributed by atoms with Crippen LogP contribution in [0.15, 0.2) is 24.3 Å². The van der Waals surface area contributed by atoms with E-state index in [4.69, 9.17) is 11.6 Å². The lowest BCUT2D eigenvalue weighted by molar-refractivity contribution is -0.149.